The fourth-order valence-corrected chi connectivity index (χ4v) is 2.24. The van der Waals surface area contributed by atoms with Gasteiger partial charge < -0.3 is 15.2 Å². The Morgan fingerprint density at radius 3 is 2.71 bits per heavy atom. The smallest absolute Gasteiger partial charge is 0.168 e. The Hall–Kier alpha value is -1.36. The maximum Gasteiger partial charge on any atom is 0.168 e. The second-order valence-electron chi connectivity index (χ2n) is 4.14. The summed E-state index contributed by atoms with van der Waals surface area (Å²) in [7, 11) is 1.31. The highest BCUT2D eigenvalue weighted by Crippen LogP contribution is 2.40. The van der Waals surface area contributed by atoms with Crippen molar-refractivity contribution in [3.8, 4) is 11.5 Å². The van der Waals surface area contributed by atoms with Crippen LogP contribution in [-0.4, -0.2) is 18.8 Å². The van der Waals surface area contributed by atoms with Crippen LogP contribution in [-0.2, 0) is 0 Å². The molecule has 1 fully saturated rings. The number of phenols is 1. The number of hydrogen-bond acceptors (Lipinski definition) is 3. The first-order chi connectivity index (χ1) is 8.15. The molecule has 0 aromatic heterocycles. The Labute approximate surface area is 98.4 Å². The van der Waals surface area contributed by atoms with Crippen molar-refractivity contribution < 1.29 is 18.6 Å². The lowest BCUT2D eigenvalue weighted by atomic mass is 9.95. The van der Waals surface area contributed by atoms with Crippen LogP contribution >= 0.6 is 0 Å². The molecule has 94 valence electrons. The number of phenolic OH excluding ortho intramolecular Hbond substituents is 1. The summed E-state index contributed by atoms with van der Waals surface area (Å²) in [5.74, 6) is -2.35. The average Bonchev–Trinajstić information content (AvgIpc) is 2.34. The molecule has 0 saturated carbocycles. The minimum absolute atomic E-state index is 0.0803. The third-order valence-electron chi connectivity index (χ3n) is 3.06. The zero-order chi connectivity index (χ0) is 12.4. The molecule has 0 radical (unpaired) electrons. The molecule has 5 heteroatoms. The summed E-state index contributed by atoms with van der Waals surface area (Å²) in [6, 6.07) is 0.379. The topological polar surface area (TPSA) is 41.5 Å². The van der Waals surface area contributed by atoms with Gasteiger partial charge in [-0.1, -0.05) is 6.42 Å². The lowest BCUT2D eigenvalue weighted by Gasteiger charge is -2.26. The van der Waals surface area contributed by atoms with Crippen molar-refractivity contribution >= 4 is 0 Å². The molecular formula is C12H15F2NO2. The van der Waals surface area contributed by atoms with Crippen molar-refractivity contribution in [2.75, 3.05) is 13.7 Å². The molecule has 1 aromatic carbocycles. The number of methoxy groups -OCH3 is 1. The van der Waals surface area contributed by atoms with E-state index in [0.29, 0.717) is 6.07 Å². The molecule has 0 spiro atoms. The molecule has 1 heterocycles. The number of benzene rings is 1. The van der Waals surface area contributed by atoms with Crippen molar-refractivity contribution in [3.05, 3.63) is 23.3 Å². The third kappa shape index (κ3) is 2.20. The predicted octanol–water partition coefficient (Wildman–Crippen LogP) is 2.49. The van der Waals surface area contributed by atoms with Crippen molar-refractivity contribution in [2.45, 2.75) is 25.3 Å². The maximum atomic E-state index is 13.5. The van der Waals surface area contributed by atoms with Gasteiger partial charge in [-0.25, -0.2) is 8.78 Å². The second-order valence-corrected chi connectivity index (χ2v) is 4.14. The van der Waals surface area contributed by atoms with Crippen molar-refractivity contribution in [3.63, 3.8) is 0 Å². The van der Waals surface area contributed by atoms with Gasteiger partial charge in [0.05, 0.1) is 12.7 Å². The predicted molar refractivity (Wildman–Crippen MR) is 59.2 cm³/mol. The molecule has 2 N–H and O–H groups in total. The van der Waals surface area contributed by atoms with Gasteiger partial charge in [0.25, 0.3) is 0 Å². The van der Waals surface area contributed by atoms with Gasteiger partial charge in [0.2, 0.25) is 0 Å². The first kappa shape index (κ1) is 12.1. The largest absolute Gasteiger partial charge is 0.504 e. The van der Waals surface area contributed by atoms with Crippen LogP contribution in [0.4, 0.5) is 8.78 Å². The van der Waals surface area contributed by atoms with Crippen LogP contribution in [0.15, 0.2) is 6.07 Å². The van der Waals surface area contributed by atoms with E-state index in [1.807, 2.05) is 0 Å². The van der Waals surface area contributed by atoms with Gasteiger partial charge in [-0.2, -0.15) is 0 Å². The van der Waals surface area contributed by atoms with Crippen LogP contribution in [0.5, 0.6) is 11.5 Å². The van der Waals surface area contributed by atoms with E-state index in [2.05, 4.69) is 5.32 Å². The highest BCUT2D eigenvalue weighted by Gasteiger charge is 2.26. The van der Waals surface area contributed by atoms with Crippen LogP contribution in [0.25, 0.3) is 0 Å². The number of rotatable bonds is 2. The second kappa shape index (κ2) is 4.87. The van der Waals surface area contributed by atoms with E-state index in [9.17, 15) is 13.9 Å². The normalized spacial score (nSPS) is 20.3. The molecular weight excluding hydrogens is 228 g/mol. The summed E-state index contributed by atoms with van der Waals surface area (Å²) in [6.45, 7) is 0.769. The van der Waals surface area contributed by atoms with Crippen LogP contribution < -0.4 is 10.1 Å². The molecule has 1 unspecified atom stereocenters. The molecule has 1 aromatic rings. The van der Waals surface area contributed by atoms with Gasteiger partial charge >= 0.3 is 0 Å². The fraction of sp³-hybridized carbons (Fsp3) is 0.500. The fourth-order valence-electron chi connectivity index (χ4n) is 2.24. The first-order valence-electron chi connectivity index (χ1n) is 5.63. The number of ether oxygens (including phenoxy) is 1. The molecule has 3 nitrogen and oxygen atoms in total. The van der Waals surface area contributed by atoms with E-state index in [4.69, 9.17) is 4.74 Å². The van der Waals surface area contributed by atoms with Gasteiger partial charge in [0.15, 0.2) is 23.1 Å². The van der Waals surface area contributed by atoms with Crippen molar-refractivity contribution in [1.29, 1.82) is 0 Å². The first-order valence-corrected chi connectivity index (χ1v) is 5.63. The van der Waals surface area contributed by atoms with E-state index in [1.54, 1.807) is 0 Å². The van der Waals surface area contributed by atoms with Crippen LogP contribution in [0.3, 0.4) is 0 Å². The zero-order valence-electron chi connectivity index (χ0n) is 9.59. The SMILES string of the molecule is COc1c(F)cc(F)c(O)c1C1CCCCN1. The molecule has 17 heavy (non-hydrogen) atoms. The highest BCUT2D eigenvalue weighted by atomic mass is 19.1. The minimum atomic E-state index is -0.953. The summed E-state index contributed by atoms with van der Waals surface area (Å²) < 4.78 is 31.8. The molecule has 0 bridgehead atoms. The van der Waals surface area contributed by atoms with Crippen molar-refractivity contribution in [2.24, 2.45) is 0 Å². The Kier molecular flexibility index (Phi) is 3.47. The summed E-state index contributed by atoms with van der Waals surface area (Å²) in [6.07, 6.45) is 2.71. The van der Waals surface area contributed by atoms with Crippen LogP contribution in [0.2, 0.25) is 0 Å². The van der Waals surface area contributed by atoms with E-state index in [-0.39, 0.29) is 17.4 Å². The maximum absolute atomic E-state index is 13.5. The van der Waals surface area contributed by atoms with E-state index < -0.39 is 17.4 Å². The summed E-state index contributed by atoms with van der Waals surface area (Å²) >= 11 is 0. The van der Waals surface area contributed by atoms with Gasteiger partial charge in [-0.3, -0.25) is 0 Å². The molecule has 0 aliphatic carbocycles. The zero-order valence-corrected chi connectivity index (χ0v) is 9.59. The number of aromatic hydroxyl groups is 1. The Morgan fingerprint density at radius 2 is 2.12 bits per heavy atom. The molecule has 1 saturated heterocycles. The lowest BCUT2D eigenvalue weighted by Crippen LogP contribution is -2.27. The molecule has 0 amide bonds. The van der Waals surface area contributed by atoms with Gasteiger partial charge in [-0.15, -0.1) is 0 Å². The monoisotopic (exact) mass is 243 g/mol. The summed E-state index contributed by atoms with van der Waals surface area (Å²) in [5, 5.41) is 12.9. The van der Waals surface area contributed by atoms with Gasteiger partial charge in [0, 0.05) is 12.1 Å². The minimum Gasteiger partial charge on any atom is -0.504 e. The highest BCUT2D eigenvalue weighted by molar-refractivity contribution is 5.48. The van der Waals surface area contributed by atoms with Crippen LogP contribution in [0, 0.1) is 11.6 Å². The van der Waals surface area contributed by atoms with E-state index in [1.165, 1.54) is 7.11 Å². The van der Waals surface area contributed by atoms with Crippen molar-refractivity contribution in [1.82, 2.24) is 5.32 Å². The van der Waals surface area contributed by atoms with Crippen LogP contribution in [0.1, 0.15) is 30.9 Å². The Bertz CT molecular complexity index is 417. The van der Waals surface area contributed by atoms with E-state index in [0.717, 1.165) is 25.8 Å². The lowest BCUT2D eigenvalue weighted by molar-refractivity contribution is 0.332. The molecule has 1 atom stereocenters. The van der Waals surface area contributed by atoms with Gasteiger partial charge in [0.1, 0.15) is 0 Å². The standard InChI is InChI=1S/C12H15F2NO2/c1-17-12-8(14)6-7(13)11(16)10(12)9-4-2-3-5-15-9/h6,9,15-16H,2-5H2,1H3. The Morgan fingerprint density at radius 1 is 1.35 bits per heavy atom. The number of halogens is 2. The number of piperidine rings is 1. The van der Waals surface area contributed by atoms with E-state index >= 15 is 0 Å². The summed E-state index contributed by atoms with van der Waals surface area (Å²) in [5.41, 5.74) is 0.185. The quantitative estimate of drug-likeness (QED) is 0.838. The summed E-state index contributed by atoms with van der Waals surface area (Å²) in [4.78, 5) is 0. The molecule has 1 aliphatic heterocycles. The molecule has 1 aliphatic rings. The van der Waals surface area contributed by atoms with Gasteiger partial charge in [-0.05, 0) is 19.4 Å². The average molecular weight is 243 g/mol. The third-order valence-corrected chi connectivity index (χ3v) is 3.06. The molecule has 2 rings (SSSR count). The Balaban J connectivity index is 2.48. The number of hydrogen-bond donors (Lipinski definition) is 2. The number of nitrogens with one attached hydrogen (secondary N) is 1.